The lowest BCUT2D eigenvalue weighted by atomic mass is 10.1. The highest BCUT2D eigenvalue weighted by Crippen LogP contribution is 2.21. The molecule has 0 aliphatic heterocycles. The van der Waals surface area contributed by atoms with Gasteiger partial charge in [-0.3, -0.25) is 4.79 Å². The molecule has 0 unspecified atom stereocenters. The highest BCUT2D eigenvalue weighted by atomic mass is 16.1. The van der Waals surface area contributed by atoms with E-state index in [0.717, 1.165) is 50.8 Å². The first kappa shape index (κ1) is 22.4. The van der Waals surface area contributed by atoms with Crippen LogP contribution >= 0.6 is 0 Å². The molecule has 0 saturated heterocycles. The van der Waals surface area contributed by atoms with Crippen LogP contribution in [-0.2, 0) is 11.2 Å². The van der Waals surface area contributed by atoms with Crippen molar-refractivity contribution in [2.75, 3.05) is 5.32 Å². The smallest absolute Gasteiger partial charge is 0.251 e. The van der Waals surface area contributed by atoms with Crippen molar-refractivity contribution >= 4 is 11.7 Å². The van der Waals surface area contributed by atoms with Crippen molar-refractivity contribution in [3.8, 4) is 11.6 Å². The average Bonchev–Trinajstić information content (AvgIpc) is 3.20. The van der Waals surface area contributed by atoms with Crippen LogP contribution in [0.3, 0.4) is 0 Å². The van der Waals surface area contributed by atoms with Crippen LogP contribution in [0.15, 0.2) is 30.3 Å². The number of carbonyl (C=O) groups excluding carboxylic acids is 1. The summed E-state index contributed by atoms with van der Waals surface area (Å²) in [5.74, 6) is 1.03. The molecule has 0 atom stereocenters. The molecular weight excluding hydrogens is 414 g/mol. The van der Waals surface area contributed by atoms with Gasteiger partial charge in [0.25, 0.3) is 5.95 Å². The van der Waals surface area contributed by atoms with Crippen molar-refractivity contribution in [3.05, 3.63) is 75.5 Å². The fourth-order valence-electron chi connectivity index (χ4n) is 4.13. The Morgan fingerprint density at radius 1 is 0.788 bits per heavy atom. The summed E-state index contributed by atoms with van der Waals surface area (Å²) in [5.41, 5.74) is 8.28. The van der Waals surface area contributed by atoms with Gasteiger partial charge < -0.3 is 5.32 Å². The summed E-state index contributed by atoms with van der Waals surface area (Å²) >= 11 is 0. The van der Waals surface area contributed by atoms with Crippen molar-refractivity contribution in [2.24, 2.45) is 0 Å². The summed E-state index contributed by atoms with van der Waals surface area (Å²) < 4.78 is 3.49. The molecule has 0 saturated carbocycles. The molecular formula is C25H29N7O. The van der Waals surface area contributed by atoms with Gasteiger partial charge in [-0.15, -0.1) is 0 Å². The molecule has 3 heterocycles. The second-order valence-corrected chi connectivity index (χ2v) is 8.67. The summed E-state index contributed by atoms with van der Waals surface area (Å²) in [7, 11) is 0. The predicted molar refractivity (Wildman–Crippen MR) is 128 cm³/mol. The summed E-state index contributed by atoms with van der Waals surface area (Å²) in [6.07, 6.45) is 0.194. The van der Waals surface area contributed by atoms with Crippen molar-refractivity contribution in [1.82, 2.24) is 29.5 Å². The molecule has 1 N–H and O–H groups in total. The Kier molecular flexibility index (Phi) is 5.84. The molecule has 4 rings (SSSR count). The minimum atomic E-state index is -0.132. The van der Waals surface area contributed by atoms with Gasteiger partial charge in [0.1, 0.15) is 5.82 Å². The first-order valence-corrected chi connectivity index (χ1v) is 10.9. The molecule has 0 aliphatic rings. The number of anilines is 1. The van der Waals surface area contributed by atoms with Crippen molar-refractivity contribution in [1.29, 1.82) is 0 Å². The SMILES string of the molecule is Cc1cc(C)cc(-n2nc(C)cc2NC(=O)Cc2c(C)nn(-c3nc(C)cc(C)n3)c2C)c1. The molecule has 33 heavy (non-hydrogen) atoms. The Hall–Kier alpha value is -3.81. The zero-order valence-corrected chi connectivity index (χ0v) is 20.2. The maximum absolute atomic E-state index is 13.0. The lowest BCUT2D eigenvalue weighted by Gasteiger charge is -2.11. The second kappa shape index (κ2) is 8.61. The Labute approximate surface area is 193 Å². The molecule has 0 radical (unpaired) electrons. The topological polar surface area (TPSA) is 90.5 Å². The van der Waals surface area contributed by atoms with Gasteiger partial charge in [-0.2, -0.15) is 10.2 Å². The van der Waals surface area contributed by atoms with Crippen LogP contribution in [0.25, 0.3) is 11.6 Å². The lowest BCUT2D eigenvalue weighted by molar-refractivity contribution is -0.115. The van der Waals surface area contributed by atoms with E-state index in [2.05, 4.69) is 43.7 Å². The van der Waals surface area contributed by atoms with Crippen LogP contribution in [0.1, 0.15) is 45.2 Å². The zero-order valence-electron chi connectivity index (χ0n) is 20.2. The Morgan fingerprint density at radius 2 is 1.42 bits per heavy atom. The summed E-state index contributed by atoms with van der Waals surface area (Å²) in [6, 6.07) is 10.0. The molecule has 0 bridgehead atoms. The van der Waals surface area contributed by atoms with Gasteiger partial charge in [0.15, 0.2) is 0 Å². The van der Waals surface area contributed by atoms with Crippen LogP contribution in [0.4, 0.5) is 5.82 Å². The van der Waals surface area contributed by atoms with Crippen LogP contribution in [0, 0.1) is 48.5 Å². The van der Waals surface area contributed by atoms with Crippen molar-refractivity contribution in [2.45, 2.75) is 54.9 Å². The number of nitrogens with zero attached hydrogens (tertiary/aromatic N) is 6. The highest BCUT2D eigenvalue weighted by molar-refractivity contribution is 5.92. The highest BCUT2D eigenvalue weighted by Gasteiger charge is 2.19. The summed E-state index contributed by atoms with van der Waals surface area (Å²) in [4.78, 5) is 22.1. The van der Waals surface area contributed by atoms with Crippen LogP contribution in [-0.4, -0.2) is 35.4 Å². The normalized spacial score (nSPS) is 11.1. The van der Waals surface area contributed by atoms with Gasteiger partial charge in [0.05, 0.1) is 23.5 Å². The van der Waals surface area contributed by atoms with E-state index in [1.807, 2.05) is 60.6 Å². The molecule has 0 spiro atoms. The van der Waals surface area contributed by atoms with Crippen molar-refractivity contribution < 1.29 is 4.79 Å². The van der Waals surface area contributed by atoms with E-state index in [9.17, 15) is 4.79 Å². The molecule has 8 heteroatoms. The van der Waals surface area contributed by atoms with E-state index in [4.69, 9.17) is 0 Å². The van der Waals surface area contributed by atoms with E-state index < -0.39 is 0 Å². The number of rotatable bonds is 5. The number of hydrogen-bond donors (Lipinski definition) is 1. The first-order chi connectivity index (χ1) is 15.6. The molecule has 170 valence electrons. The van der Waals surface area contributed by atoms with E-state index in [1.165, 1.54) is 0 Å². The van der Waals surface area contributed by atoms with Gasteiger partial charge in [-0.1, -0.05) is 6.07 Å². The van der Waals surface area contributed by atoms with Crippen molar-refractivity contribution in [3.63, 3.8) is 0 Å². The van der Waals surface area contributed by atoms with Crippen LogP contribution < -0.4 is 5.32 Å². The molecule has 3 aromatic heterocycles. The predicted octanol–water partition coefficient (Wildman–Crippen LogP) is 4.19. The Morgan fingerprint density at radius 3 is 2.06 bits per heavy atom. The molecule has 8 nitrogen and oxygen atoms in total. The number of nitrogens with one attached hydrogen (secondary N) is 1. The Bertz CT molecular complexity index is 1320. The molecule has 4 aromatic rings. The molecule has 1 aromatic carbocycles. The fraction of sp³-hybridized carbons (Fsp3) is 0.320. The fourth-order valence-corrected chi connectivity index (χ4v) is 4.13. The average molecular weight is 444 g/mol. The number of aromatic nitrogens is 6. The number of aryl methyl sites for hydroxylation is 6. The van der Waals surface area contributed by atoms with Gasteiger partial charge in [0.2, 0.25) is 5.91 Å². The zero-order chi connectivity index (χ0) is 23.9. The third kappa shape index (κ3) is 4.69. The maximum Gasteiger partial charge on any atom is 0.251 e. The second-order valence-electron chi connectivity index (χ2n) is 8.67. The van der Waals surface area contributed by atoms with Crippen LogP contribution in [0.2, 0.25) is 0 Å². The lowest BCUT2D eigenvalue weighted by Crippen LogP contribution is -2.18. The third-order valence-electron chi connectivity index (χ3n) is 5.49. The quantitative estimate of drug-likeness (QED) is 0.499. The molecule has 1 amide bonds. The van der Waals surface area contributed by atoms with E-state index in [1.54, 1.807) is 9.36 Å². The minimum Gasteiger partial charge on any atom is -0.310 e. The van der Waals surface area contributed by atoms with Gasteiger partial charge in [-0.25, -0.2) is 19.3 Å². The minimum absolute atomic E-state index is 0.132. The maximum atomic E-state index is 13.0. The van der Waals surface area contributed by atoms with Gasteiger partial charge in [0, 0.05) is 28.7 Å². The monoisotopic (exact) mass is 443 g/mol. The molecule has 0 fully saturated rings. The first-order valence-electron chi connectivity index (χ1n) is 10.9. The largest absolute Gasteiger partial charge is 0.310 e. The van der Waals surface area contributed by atoms with Gasteiger partial charge in [-0.05, 0) is 77.8 Å². The number of carbonyl (C=O) groups is 1. The summed E-state index contributed by atoms with van der Waals surface area (Å²) in [6.45, 7) is 13.7. The standard InChI is InChI=1S/C25H29N7O/c1-14-8-15(2)10-21(9-14)32-23(12-18(5)29-32)28-24(33)13-22-19(6)30-31(20(22)7)25-26-16(3)11-17(4)27-25/h8-12H,13H2,1-7H3,(H,28,33). The van der Waals surface area contributed by atoms with E-state index >= 15 is 0 Å². The Balaban J connectivity index is 1.60. The van der Waals surface area contributed by atoms with E-state index in [-0.39, 0.29) is 12.3 Å². The summed E-state index contributed by atoms with van der Waals surface area (Å²) in [5, 5.41) is 12.2. The number of hydrogen-bond acceptors (Lipinski definition) is 5. The third-order valence-corrected chi connectivity index (χ3v) is 5.49. The number of benzene rings is 1. The number of amides is 1. The molecule has 0 aliphatic carbocycles. The van der Waals surface area contributed by atoms with Gasteiger partial charge >= 0.3 is 0 Å². The van der Waals surface area contributed by atoms with E-state index in [0.29, 0.717) is 11.8 Å². The van der Waals surface area contributed by atoms with Crippen LogP contribution in [0.5, 0.6) is 0 Å².